The van der Waals surface area contributed by atoms with Crippen LogP contribution in [-0.4, -0.2) is 28.5 Å². The van der Waals surface area contributed by atoms with Crippen molar-refractivity contribution in [2.75, 3.05) is 6.54 Å². The largest absolute Gasteiger partial charge is 0.487 e. The lowest BCUT2D eigenvalue weighted by atomic mass is 9.94. The van der Waals surface area contributed by atoms with Gasteiger partial charge in [-0.05, 0) is 53.8 Å². The standard InChI is InChI=1S/C22H21N3O2S/c26-22(21-17-6-2-1-4-15(17)13-28-21)25-11-16-10-14-5-3-7-18(20(14)27-16)19-12-23-8-9-24-19/h3,5,7-9,12-13,16H,1-2,4,6,10-11H2,(H,25,26)/t16-/m0/s1. The average molecular weight is 391 g/mol. The van der Waals surface area contributed by atoms with Crippen molar-refractivity contribution < 1.29 is 9.53 Å². The number of rotatable bonds is 4. The summed E-state index contributed by atoms with van der Waals surface area (Å²) in [4.78, 5) is 22.1. The number of amides is 1. The van der Waals surface area contributed by atoms with Gasteiger partial charge in [-0.1, -0.05) is 12.1 Å². The molecular formula is C22H21N3O2S. The van der Waals surface area contributed by atoms with Crippen LogP contribution in [0.5, 0.6) is 5.75 Å². The highest BCUT2D eigenvalue weighted by molar-refractivity contribution is 7.12. The topological polar surface area (TPSA) is 64.1 Å². The quantitative estimate of drug-likeness (QED) is 0.734. The predicted molar refractivity (Wildman–Crippen MR) is 109 cm³/mol. The molecule has 1 aromatic carbocycles. The molecule has 2 aromatic heterocycles. The normalized spacial score (nSPS) is 17.5. The van der Waals surface area contributed by atoms with Crippen LogP contribution < -0.4 is 10.1 Å². The first-order chi connectivity index (χ1) is 13.8. The number of para-hydroxylation sites is 1. The van der Waals surface area contributed by atoms with Crippen molar-refractivity contribution >= 4 is 17.2 Å². The van der Waals surface area contributed by atoms with Crippen molar-refractivity contribution in [3.8, 4) is 17.0 Å². The summed E-state index contributed by atoms with van der Waals surface area (Å²) in [6.45, 7) is 0.500. The van der Waals surface area contributed by atoms with Gasteiger partial charge in [0.05, 0.1) is 23.3 Å². The van der Waals surface area contributed by atoms with E-state index in [2.05, 4.69) is 26.7 Å². The van der Waals surface area contributed by atoms with Crippen LogP contribution in [0, 0.1) is 0 Å². The minimum Gasteiger partial charge on any atom is -0.487 e. The number of hydrogen-bond donors (Lipinski definition) is 1. The molecule has 5 nitrogen and oxygen atoms in total. The fourth-order valence-corrected chi connectivity index (χ4v) is 5.16. The molecule has 0 radical (unpaired) electrons. The van der Waals surface area contributed by atoms with Crippen LogP contribution in [0.25, 0.3) is 11.3 Å². The van der Waals surface area contributed by atoms with E-state index in [1.807, 2.05) is 12.1 Å². The molecule has 0 saturated heterocycles. The molecule has 1 N–H and O–H groups in total. The molecule has 0 spiro atoms. The van der Waals surface area contributed by atoms with Crippen molar-refractivity contribution in [2.45, 2.75) is 38.2 Å². The van der Waals surface area contributed by atoms with Gasteiger partial charge < -0.3 is 10.1 Å². The Balaban J connectivity index is 1.28. The molecule has 1 aliphatic carbocycles. The number of nitrogens with zero attached hydrogens (tertiary/aromatic N) is 2. The molecule has 5 rings (SSSR count). The summed E-state index contributed by atoms with van der Waals surface area (Å²) in [6, 6.07) is 6.10. The highest BCUT2D eigenvalue weighted by Gasteiger charge is 2.27. The second-order valence-electron chi connectivity index (χ2n) is 7.31. The lowest BCUT2D eigenvalue weighted by Gasteiger charge is -2.15. The molecule has 28 heavy (non-hydrogen) atoms. The van der Waals surface area contributed by atoms with E-state index in [1.54, 1.807) is 29.9 Å². The number of carbonyl (C=O) groups is 1. The van der Waals surface area contributed by atoms with Crippen LogP contribution in [-0.2, 0) is 19.3 Å². The SMILES string of the molecule is O=C(NC[C@@H]1Cc2cccc(-c3cnccn3)c2O1)c1scc2c1CCCC2. The van der Waals surface area contributed by atoms with E-state index in [0.29, 0.717) is 6.54 Å². The Hall–Kier alpha value is -2.73. The van der Waals surface area contributed by atoms with Crippen LogP contribution in [0.1, 0.15) is 39.2 Å². The minimum absolute atomic E-state index is 0.0295. The maximum Gasteiger partial charge on any atom is 0.261 e. The second kappa shape index (κ2) is 7.36. The minimum atomic E-state index is -0.0624. The average Bonchev–Trinajstić information content (AvgIpc) is 3.36. The van der Waals surface area contributed by atoms with Gasteiger partial charge in [0.15, 0.2) is 0 Å². The maximum atomic E-state index is 12.7. The lowest BCUT2D eigenvalue weighted by Crippen LogP contribution is -2.34. The number of fused-ring (bicyclic) bond motifs is 2. The Morgan fingerprint density at radius 1 is 1.21 bits per heavy atom. The summed E-state index contributed by atoms with van der Waals surface area (Å²) in [7, 11) is 0. The number of aromatic nitrogens is 2. The fraction of sp³-hybridized carbons (Fsp3) is 0.318. The maximum absolute atomic E-state index is 12.7. The first kappa shape index (κ1) is 17.4. The molecule has 1 amide bonds. The summed E-state index contributed by atoms with van der Waals surface area (Å²) in [6.07, 6.45) is 10.3. The van der Waals surface area contributed by atoms with Gasteiger partial charge in [-0.25, -0.2) is 0 Å². The van der Waals surface area contributed by atoms with Gasteiger partial charge in [0.25, 0.3) is 5.91 Å². The molecule has 2 aliphatic rings. The van der Waals surface area contributed by atoms with Gasteiger partial charge in [-0.15, -0.1) is 11.3 Å². The van der Waals surface area contributed by atoms with Crippen molar-refractivity contribution in [1.29, 1.82) is 0 Å². The Morgan fingerprint density at radius 3 is 3.04 bits per heavy atom. The van der Waals surface area contributed by atoms with Gasteiger partial charge in [0.2, 0.25) is 0 Å². The zero-order chi connectivity index (χ0) is 18.9. The van der Waals surface area contributed by atoms with E-state index in [4.69, 9.17) is 4.74 Å². The summed E-state index contributed by atoms with van der Waals surface area (Å²) >= 11 is 1.57. The summed E-state index contributed by atoms with van der Waals surface area (Å²) < 4.78 is 6.19. The van der Waals surface area contributed by atoms with Gasteiger partial charge in [-0.3, -0.25) is 14.8 Å². The van der Waals surface area contributed by atoms with Crippen molar-refractivity contribution in [1.82, 2.24) is 15.3 Å². The fourth-order valence-electron chi connectivity index (χ4n) is 4.09. The number of benzene rings is 1. The number of ether oxygens (including phenoxy) is 1. The molecule has 3 aromatic rings. The molecule has 142 valence electrons. The first-order valence-corrected chi connectivity index (χ1v) is 10.6. The Kier molecular flexibility index (Phi) is 4.56. The van der Waals surface area contributed by atoms with Crippen molar-refractivity contribution in [2.24, 2.45) is 0 Å². The van der Waals surface area contributed by atoms with Crippen LogP contribution in [0.2, 0.25) is 0 Å². The van der Waals surface area contributed by atoms with Gasteiger partial charge >= 0.3 is 0 Å². The second-order valence-corrected chi connectivity index (χ2v) is 8.19. The highest BCUT2D eigenvalue weighted by atomic mass is 32.1. The molecule has 0 fully saturated rings. The Labute approximate surface area is 167 Å². The molecule has 6 heteroatoms. The number of nitrogens with one attached hydrogen (secondary N) is 1. The summed E-state index contributed by atoms with van der Waals surface area (Å²) in [5.74, 6) is 0.887. The Morgan fingerprint density at radius 2 is 2.14 bits per heavy atom. The zero-order valence-electron chi connectivity index (χ0n) is 15.5. The first-order valence-electron chi connectivity index (χ1n) is 9.72. The van der Waals surface area contributed by atoms with Crippen LogP contribution in [0.15, 0.2) is 42.2 Å². The summed E-state index contributed by atoms with van der Waals surface area (Å²) in [5.41, 5.74) is 5.52. The lowest BCUT2D eigenvalue weighted by molar-refractivity contribution is 0.0936. The molecule has 3 heterocycles. The third-order valence-corrected chi connectivity index (χ3v) is 6.54. The molecule has 0 saturated carbocycles. The van der Waals surface area contributed by atoms with Gasteiger partial charge in [0, 0.05) is 24.4 Å². The molecule has 1 aliphatic heterocycles. The molecule has 0 unspecified atom stereocenters. The van der Waals surface area contributed by atoms with Crippen LogP contribution in [0.4, 0.5) is 0 Å². The van der Waals surface area contributed by atoms with Crippen molar-refractivity contribution in [3.63, 3.8) is 0 Å². The monoisotopic (exact) mass is 391 g/mol. The number of aryl methyl sites for hydroxylation is 1. The number of carbonyl (C=O) groups excluding carboxylic acids is 1. The molecule has 0 bridgehead atoms. The van der Waals surface area contributed by atoms with E-state index in [1.165, 1.54) is 24.0 Å². The summed E-state index contributed by atoms with van der Waals surface area (Å²) in [5, 5.41) is 5.24. The number of thiophene rings is 1. The third kappa shape index (κ3) is 3.18. The van der Waals surface area contributed by atoms with E-state index in [-0.39, 0.29) is 12.0 Å². The van der Waals surface area contributed by atoms with Gasteiger partial charge in [0.1, 0.15) is 11.9 Å². The highest BCUT2D eigenvalue weighted by Crippen LogP contribution is 2.37. The van der Waals surface area contributed by atoms with Crippen LogP contribution in [0.3, 0.4) is 0 Å². The van der Waals surface area contributed by atoms with Crippen LogP contribution >= 0.6 is 11.3 Å². The van der Waals surface area contributed by atoms with E-state index in [9.17, 15) is 4.79 Å². The van der Waals surface area contributed by atoms with E-state index in [0.717, 1.165) is 46.7 Å². The van der Waals surface area contributed by atoms with E-state index >= 15 is 0 Å². The molecular weight excluding hydrogens is 370 g/mol. The predicted octanol–water partition coefficient (Wildman–Crippen LogP) is 3.82. The molecule has 1 atom stereocenters. The Bertz CT molecular complexity index is 1020. The van der Waals surface area contributed by atoms with E-state index < -0.39 is 0 Å². The van der Waals surface area contributed by atoms with Gasteiger partial charge in [-0.2, -0.15) is 0 Å². The zero-order valence-corrected chi connectivity index (χ0v) is 16.3. The van der Waals surface area contributed by atoms with Crippen molar-refractivity contribution in [3.05, 3.63) is 63.7 Å². The number of hydrogen-bond acceptors (Lipinski definition) is 5. The smallest absolute Gasteiger partial charge is 0.261 e. The third-order valence-electron chi connectivity index (χ3n) is 5.47.